The van der Waals surface area contributed by atoms with Gasteiger partial charge < -0.3 is 18.9 Å². The minimum absolute atomic E-state index is 0.0737. The van der Waals surface area contributed by atoms with E-state index in [0.29, 0.717) is 12.8 Å². The number of nitrogens with zero attached hydrogens (tertiary/aromatic N) is 1. The number of benzene rings is 1. The van der Waals surface area contributed by atoms with E-state index in [2.05, 4.69) is 33.6 Å². The van der Waals surface area contributed by atoms with Crippen LogP contribution in [0.1, 0.15) is 26.7 Å². The summed E-state index contributed by atoms with van der Waals surface area (Å²) in [7, 11) is 0. The van der Waals surface area contributed by atoms with E-state index in [9.17, 15) is 9.59 Å². The maximum Gasteiger partial charge on any atom is 0.303 e. The molecule has 1 saturated heterocycles. The van der Waals surface area contributed by atoms with Gasteiger partial charge in [0, 0.05) is 47.9 Å². The number of hydrogen-bond acceptors (Lipinski definition) is 7. The topological polar surface area (TPSA) is 84.0 Å². The van der Waals surface area contributed by atoms with Crippen LogP contribution in [0.3, 0.4) is 0 Å². The highest BCUT2D eigenvalue weighted by Gasteiger charge is 2.61. The second-order valence-corrected chi connectivity index (χ2v) is 8.46. The average molecular weight is 497 g/mol. The number of hydrogen-bond donors (Lipinski definition) is 0. The highest BCUT2D eigenvalue weighted by atomic mass is 127. The molecule has 2 heterocycles. The summed E-state index contributed by atoms with van der Waals surface area (Å²) in [6, 6.07) is 7.89. The standard InChI is InChI=1S/C20H20INO6/c1-11(23)26-18-10-25-20(19(18)27-12(2)24)7-16(8-20)28-15-4-3-13-5-14(21)9-22-17(13)6-15/h3-6,9,16,18-19H,7-8,10H2,1-2H3/t16?,18-,19-,20?/m0/s1. The van der Waals surface area contributed by atoms with Crippen LogP contribution in [0.2, 0.25) is 0 Å². The van der Waals surface area contributed by atoms with Gasteiger partial charge in [-0.2, -0.15) is 0 Å². The predicted molar refractivity (Wildman–Crippen MR) is 108 cm³/mol. The minimum atomic E-state index is -0.665. The lowest BCUT2D eigenvalue weighted by Gasteiger charge is -2.46. The van der Waals surface area contributed by atoms with E-state index < -0.39 is 29.7 Å². The monoisotopic (exact) mass is 497 g/mol. The van der Waals surface area contributed by atoms with E-state index >= 15 is 0 Å². The van der Waals surface area contributed by atoms with Crippen LogP contribution in [0.5, 0.6) is 5.75 Å². The van der Waals surface area contributed by atoms with Gasteiger partial charge in [-0.1, -0.05) is 0 Å². The normalized spacial score (nSPS) is 28.8. The smallest absolute Gasteiger partial charge is 0.303 e. The van der Waals surface area contributed by atoms with Crippen molar-refractivity contribution in [2.45, 2.75) is 50.6 Å². The summed E-state index contributed by atoms with van der Waals surface area (Å²) < 4.78 is 23.8. The lowest BCUT2D eigenvalue weighted by molar-refractivity contribution is -0.189. The SMILES string of the molecule is CC(=O)O[C@H]1COC2(CC(Oc3ccc4cc(I)cnc4c3)C2)[C@H]1OC(C)=O. The van der Waals surface area contributed by atoms with Crippen LogP contribution in [0, 0.1) is 3.57 Å². The van der Waals surface area contributed by atoms with Gasteiger partial charge in [0.25, 0.3) is 0 Å². The number of fused-ring (bicyclic) bond motifs is 1. The van der Waals surface area contributed by atoms with Gasteiger partial charge in [0.15, 0.2) is 12.2 Å². The van der Waals surface area contributed by atoms with Crippen molar-refractivity contribution in [3.05, 3.63) is 34.0 Å². The van der Waals surface area contributed by atoms with E-state index in [1.54, 1.807) is 0 Å². The largest absolute Gasteiger partial charge is 0.490 e. The number of pyridine rings is 1. The molecule has 1 aliphatic carbocycles. The Morgan fingerprint density at radius 3 is 2.64 bits per heavy atom. The molecule has 4 rings (SSSR count). The Bertz CT molecular complexity index is 926. The molecule has 1 aromatic carbocycles. The van der Waals surface area contributed by atoms with E-state index in [-0.39, 0.29) is 12.7 Å². The summed E-state index contributed by atoms with van der Waals surface area (Å²) in [6.45, 7) is 2.88. The van der Waals surface area contributed by atoms with Gasteiger partial charge in [-0.3, -0.25) is 14.6 Å². The molecule has 0 N–H and O–H groups in total. The molecule has 2 fully saturated rings. The van der Waals surface area contributed by atoms with Crippen molar-refractivity contribution < 1.29 is 28.5 Å². The van der Waals surface area contributed by atoms with Crippen LogP contribution in [0.15, 0.2) is 30.5 Å². The van der Waals surface area contributed by atoms with Gasteiger partial charge in [0.2, 0.25) is 0 Å². The first kappa shape index (κ1) is 19.4. The Balaban J connectivity index is 1.44. The maximum absolute atomic E-state index is 11.5. The van der Waals surface area contributed by atoms with Crippen molar-refractivity contribution in [2.75, 3.05) is 6.61 Å². The van der Waals surface area contributed by atoms with E-state index in [4.69, 9.17) is 18.9 Å². The Hall–Kier alpha value is -1.94. The highest BCUT2D eigenvalue weighted by molar-refractivity contribution is 14.1. The molecule has 0 amide bonds. The first-order valence-corrected chi connectivity index (χ1v) is 10.1. The Kier molecular flexibility index (Phi) is 5.17. The molecule has 2 atom stereocenters. The van der Waals surface area contributed by atoms with Gasteiger partial charge in [-0.05, 0) is 40.8 Å². The summed E-state index contributed by atoms with van der Waals surface area (Å²) >= 11 is 2.23. The highest BCUT2D eigenvalue weighted by Crippen LogP contribution is 2.47. The number of ether oxygens (including phenoxy) is 4. The third kappa shape index (κ3) is 3.80. The van der Waals surface area contributed by atoms with Crippen molar-refractivity contribution >= 4 is 45.4 Å². The summed E-state index contributed by atoms with van der Waals surface area (Å²) in [5, 5.41) is 1.06. The molecule has 0 unspecified atom stereocenters. The third-order valence-electron chi connectivity index (χ3n) is 5.07. The van der Waals surface area contributed by atoms with Crippen molar-refractivity contribution in [3.8, 4) is 5.75 Å². The molecule has 148 valence electrons. The Morgan fingerprint density at radius 2 is 1.93 bits per heavy atom. The number of esters is 2. The number of halogens is 1. The Morgan fingerprint density at radius 1 is 1.18 bits per heavy atom. The molecule has 1 aromatic heterocycles. The van der Waals surface area contributed by atoms with Crippen molar-refractivity contribution in [1.82, 2.24) is 4.98 Å². The first-order valence-electron chi connectivity index (χ1n) is 9.05. The zero-order chi connectivity index (χ0) is 19.9. The number of carbonyl (C=O) groups is 2. The van der Waals surface area contributed by atoms with Gasteiger partial charge in [0.05, 0.1) is 12.1 Å². The second kappa shape index (κ2) is 7.47. The number of carbonyl (C=O) groups excluding carboxylic acids is 2. The van der Waals surface area contributed by atoms with E-state index in [0.717, 1.165) is 20.2 Å². The molecule has 28 heavy (non-hydrogen) atoms. The fraction of sp³-hybridized carbons (Fsp3) is 0.450. The van der Waals surface area contributed by atoms with Crippen LogP contribution < -0.4 is 4.74 Å². The minimum Gasteiger partial charge on any atom is -0.490 e. The van der Waals surface area contributed by atoms with Crippen LogP contribution in [-0.2, 0) is 23.8 Å². The lowest BCUT2D eigenvalue weighted by atomic mass is 9.73. The molecular formula is C20H20INO6. The molecule has 1 aliphatic heterocycles. The average Bonchev–Trinajstić information content (AvgIpc) is 2.92. The van der Waals surface area contributed by atoms with Crippen molar-refractivity contribution in [1.29, 1.82) is 0 Å². The van der Waals surface area contributed by atoms with Crippen LogP contribution in [0.25, 0.3) is 10.9 Å². The second-order valence-electron chi connectivity index (χ2n) is 7.21. The first-order chi connectivity index (χ1) is 13.3. The summed E-state index contributed by atoms with van der Waals surface area (Å²) in [5.41, 5.74) is 0.207. The zero-order valence-electron chi connectivity index (χ0n) is 15.5. The molecule has 0 bridgehead atoms. The number of aromatic nitrogens is 1. The fourth-order valence-corrected chi connectivity index (χ4v) is 4.39. The third-order valence-corrected chi connectivity index (χ3v) is 5.66. The quantitative estimate of drug-likeness (QED) is 0.475. The number of rotatable bonds is 4. The van der Waals surface area contributed by atoms with E-state index in [1.165, 1.54) is 13.8 Å². The summed E-state index contributed by atoms with van der Waals surface area (Å²) in [4.78, 5) is 27.3. The van der Waals surface area contributed by atoms with Crippen LogP contribution >= 0.6 is 22.6 Å². The molecular weight excluding hydrogens is 477 g/mol. The molecule has 8 heteroatoms. The lowest BCUT2D eigenvalue weighted by Crippen LogP contribution is -2.58. The van der Waals surface area contributed by atoms with Gasteiger partial charge in [0.1, 0.15) is 17.5 Å². The van der Waals surface area contributed by atoms with Crippen LogP contribution in [0.4, 0.5) is 0 Å². The van der Waals surface area contributed by atoms with Gasteiger partial charge >= 0.3 is 11.9 Å². The van der Waals surface area contributed by atoms with Crippen LogP contribution in [-0.4, -0.2) is 47.4 Å². The summed E-state index contributed by atoms with van der Waals surface area (Å²) in [5.74, 6) is -0.112. The maximum atomic E-state index is 11.5. The molecule has 1 saturated carbocycles. The molecule has 0 radical (unpaired) electrons. The molecule has 2 aliphatic rings. The van der Waals surface area contributed by atoms with E-state index in [1.807, 2.05) is 24.4 Å². The fourth-order valence-electron chi connectivity index (χ4n) is 3.91. The van der Waals surface area contributed by atoms with Gasteiger partial charge in [-0.15, -0.1) is 0 Å². The summed E-state index contributed by atoms with van der Waals surface area (Å²) in [6.07, 6.45) is 1.65. The molecule has 1 spiro atoms. The predicted octanol–water partition coefficient (Wildman–Crippen LogP) is 3.01. The molecule has 7 nitrogen and oxygen atoms in total. The van der Waals surface area contributed by atoms with Crippen molar-refractivity contribution in [2.24, 2.45) is 0 Å². The molecule has 2 aromatic rings. The van der Waals surface area contributed by atoms with Gasteiger partial charge in [-0.25, -0.2) is 0 Å². The zero-order valence-corrected chi connectivity index (χ0v) is 17.7. The Labute approximate surface area is 175 Å². The van der Waals surface area contributed by atoms with Crippen molar-refractivity contribution in [3.63, 3.8) is 0 Å².